The number of benzene rings is 1. The molecule has 2 aliphatic heterocycles. The van der Waals surface area contributed by atoms with Crippen molar-refractivity contribution >= 4 is 75.7 Å². The van der Waals surface area contributed by atoms with Gasteiger partial charge < -0.3 is 119 Å². The molecule has 37 heteroatoms. The number of unbranched alkanes of at least 4 members (excludes halogenated alkanes) is 5. The van der Waals surface area contributed by atoms with E-state index in [0.29, 0.717) is 103 Å². The van der Waals surface area contributed by atoms with Gasteiger partial charge in [0, 0.05) is 199 Å². The average molecular weight is 1950 g/mol. The van der Waals surface area contributed by atoms with E-state index >= 15 is 0 Å². The molecule has 0 aliphatic carbocycles. The first kappa shape index (κ1) is 124. The summed E-state index contributed by atoms with van der Waals surface area (Å²) in [6.07, 6.45) is -2.18. The van der Waals surface area contributed by atoms with Crippen LogP contribution < -0.4 is 21.3 Å². The van der Waals surface area contributed by atoms with E-state index in [1.807, 2.05) is 45.9 Å². The number of nitrogens with one attached hydrogen (secondary N) is 4. The second kappa shape index (κ2) is 76.1. The lowest BCUT2D eigenvalue weighted by Gasteiger charge is -2.42. The molecule has 11 atom stereocenters. The maximum Gasteiger partial charge on any atom is 0.220 e. The fourth-order valence-corrected chi connectivity index (χ4v) is 16.3. The molecule has 4 amide bonds. The molecule has 786 valence electrons. The molecule has 11 N–H and O–H groups in total. The lowest BCUT2D eigenvalue weighted by atomic mass is 9.81. The standard InChI is InChI=1S/C100H168N4O33/c1-8-22-77(109)36-42-99(43-37-78(110)23-9-2,44-40-81(113)27-20-50-128-52-54-130-56-58-132-60-62-134-97-72(5)93(121)94(122)87(69-106)136-97)103-90(119)34-31-83(115)30-32-85(102-89(118)29-17-15-13-12-14-16-24-84(116)67-74-64-75(68-105)66-76(65-74)71-125-7)86(117)33-35-91(120)104-100(45-38-79(111)25-18-48-126-10-3,46-39-80(112)26-19-49-127-11-4)47-41-82(114)28-21-51-129-53-55-131-57-59-133-61-63-135-98-92(101-73(6)108)96(124)95(123)88(70-107)137-98/h64-66,72,85,87-88,92-98,105-107,121-124H,8-63,67-71H2,1-7H3,(H,101,108)(H,102,118)(H,103,119)(H,104,120)/t72-,85-,87-,88-,92-,93-,94+,95+,96-,97?,98?/m1/s1. The highest BCUT2D eigenvalue weighted by atomic mass is 16.7. The first-order valence-corrected chi connectivity index (χ1v) is 50.1. The van der Waals surface area contributed by atoms with Crippen molar-refractivity contribution in [3.63, 3.8) is 0 Å². The molecule has 0 aromatic heterocycles. The highest BCUT2D eigenvalue weighted by molar-refractivity contribution is 5.93. The van der Waals surface area contributed by atoms with Crippen LogP contribution in [-0.4, -0.2) is 323 Å². The average Bonchev–Trinajstić information content (AvgIpc) is 0.817. The topological polar surface area (TPSA) is 532 Å². The molecule has 0 spiro atoms. The molecule has 0 saturated carbocycles. The van der Waals surface area contributed by atoms with Crippen molar-refractivity contribution in [1.29, 1.82) is 0 Å². The lowest BCUT2D eigenvalue weighted by Crippen LogP contribution is -2.64. The number of ketones is 9. The third-order valence-electron chi connectivity index (χ3n) is 24.3. The summed E-state index contributed by atoms with van der Waals surface area (Å²) in [5, 5.41) is 81.6. The van der Waals surface area contributed by atoms with E-state index in [0.717, 1.165) is 30.4 Å². The Morgan fingerprint density at radius 3 is 1.16 bits per heavy atom. The zero-order valence-electron chi connectivity index (χ0n) is 83.0. The van der Waals surface area contributed by atoms with Crippen LogP contribution in [0.15, 0.2) is 18.2 Å². The molecule has 0 radical (unpaired) electrons. The molecule has 2 fully saturated rings. The summed E-state index contributed by atoms with van der Waals surface area (Å²) in [6.45, 7) is 13.7. The quantitative estimate of drug-likeness (QED) is 0.0285. The largest absolute Gasteiger partial charge is 0.394 e. The number of aliphatic hydroxyl groups is 7. The Kier molecular flexibility index (Phi) is 69.1. The van der Waals surface area contributed by atoms with Crippen LogP contribution in [0.3, 0.4) is 0 Å². The number of methoxy groups -OCH3 is 1. The molecule has 0 bridgehead atoms. The van der Waals surface area contributed by atoms with Gasteiger partial charge in [0.1, 0.15) is 82.8 Å². The second-order valence-electron chi connectivity index (χ2n) is 35.9. The van der Waals surface area contributed by atoms with Crippen LogP contribution in [-0.2, 0) is 144 Å². The molecule has 2 aliphatic rings. The first-order chi connectivity index (χ1) is 65.9. The predicted octanol–water partition coefficient (Wildman–Crippen LogP) is 7.27. The van der Waals surface area contributed by atoms with Gasteiger partial charge in [0.2, 0.25) is 23.6 Å². The van der Waals surface area contributed by atoms with E-state index in [4.69, 9.17) is 61.6 Å². The molecule has 1 aromatic rings. The number of aliphatic hydroxyl groups excluding tert-OH is 7. The fraction of sp³-hybridized carbons (Fsp3) is 0.810. The Labute approximate surface area is 810 Å². The molecule has 2 unspecified atom stereocenters. The van der Waals surface area contributed by atoms with Gasteiger partial charge in [-0.2, -0.15) is 0 Å². The Morgan fingerprint density at radius 1 is 0.372 bits per heavy atom. The summed E-state index contributed by atoms with van der Waals surface area (Å²) in [7, 11) is 1.58. The molecular formula is C100H168N4O33. The van der Waals surface area contributed by atoms with Crippen molar-refractivity contribution in [1.82, 2.24) is 21.3 Å². The summed E-state index contributed by atoms with van der Waals surface area (Å²) in [6, 6.07) is 3.19. The van der Waals surface area contributed by atoms with Crippen LogP contribution in [0.25, 0.3) is 0 Å². The van der Waals surface area contributed by atoms with Gasteiger partial charge in [0.15, 0.2) is 18.4 Å². The summed E-state index contributed by atoms with van der Waals surface area (Å²) in [4.78, 5) is 178. The molecule has 1 aromatic carbocycles. The van der Waals surface area contributed by atoms with Crippen LogP contribution in [0.2, 0.25) is 0 Å². The predicted molar refractivity (Wildman–Crippen MR) is 504 cm³/mol. The minimum atomic E-state index is -1.46. The third-order valence-corrected chi connectivity index (χ3v) is 24.3. The lowest BCUT2D eigenvalue weighted by molar-refractivity contribution is -0.284. The van der Waals surface area contributed by atoms with Gasteiger partial charge in [-0.25, -0.2) is 0 Å². The Morgan fingerprint density at radius 2 is 0.737 bits per heavy atom. The number of Topliss-reactive ketones (excluding diaryl/α,β-unsaturated/α-hetero) is 9. The van der Waals surface area contributed by atoms with E-state index in [-0.39, 0.29) is 294 Å². The minimum Gasteiger partial charge on any atom is -0.394 e. The van der Waals surface area contributed by atoms with E-state index in [9.17, 15) is 98.1 Å². The number of hydrogen-bond donors (Lipinski definition) is 11. The summed E-state index contributed by atoms with van der Waals surface area (Å²) < 4.78 is 72.6. The van der Waals surface area contributed by atoms with Gasteiger partial charge in [-0.05, 0) is 127 Å². The van der Waals surface area contributed by atoms with E-state index in [2.05, 4.69) is 21.3 Å². The molecule has 3 rings (SSSR count). The molecule has 2 heterocycles. The molecule has 137 heavy (non-hydrogen) atoms. The molecule has 2 saturated heterocycles. The summed E-state index contributed by atoms with van der Waals surface area (Å²) >= 11 is 0. The third kappa shape index (κ3) is 56.7. The van der Waals surface area contributed by atoms with Crippen molar-refractivity contribution in [3.05, 3.63) is 34.9 Å². The summed E-state index contributed by atoms with van der Waals surface area (Å²) in [5.41, 5.74) is -0.106. The van der Waals surface area contributed by atoms with E-state index in [1.165, 1.54) is 6.92 Å². The normalized spacial score (nSPS) is 18.6. The van der Waals surface area contributed by atoms with E-state index in [1.54, 1.807) is 14.0 Å². The Bertz CT molecular complexity index is 3540. The maximum atomic E-state index is 14.7. The number of ether oxygens (including phenoxy) is 13. The van der Waals surface area contributed by atoms with Crippen molar-refractivity contribution in [2.45, 2.75) is 378 Å². The van der Waals surface area contributed by atoms with Crippen LogP contribution >= 0.6 is 0 Å². The number of carbonyl (C=O) groups excluding carboxylic acids is 13. The van der Waals surface area contributed by atoms with Gasteiger partial charge in [0.25, 0.3) is 0 Å². The first-order valence-electron chi connectivity index (χ1n) is 50.1. The van der Waals surface area contributed by atoms with Crippen LogP contribution in [0.5, 0.6) is 0 Å². The Balaban J connectivity index is 1.77. The SMILES string of the molecule is CCCC(=O)CCC(CCC(=O)CCC)(CCC(=O)CCCOCCOCCOCCOC1O[C@H](CO)[C@H](O)[C@H](O)[C@H]1C)NC(=O)CCC(=O)CC[C@@H](NC(=O)CCCCCCCCC(=O)Cc1cc(CO)cc(COC)c1)C(=O)CCC(=O)NC(CCC(=O)CCCOCC)(CCC(=O)CCCOCC)CCC(=O)CCCOCCOCCOCCOC1O[C@H](CO)[C@H](O)[C@H](O)[C@H]1NC(C)=O. The highest BCUT2D eigenvalue weighted by Gasteiger charge is 2.46. The summed E-state index contributed by atoms with van der Waals surface area (Å²) in [5.74, 6) is -4.29. The van der Waals surface area contributed by atoms with Gasteiger partial charge in [-0.3, -0.25) is 62.3 Å². The molecular weight excluding hydrogens is 1790 g/mol. The zero-order valence-corrected chi connectivity index (χ0v) is 83.0. The minimum absolute atomic E-state index is 0.00354. The van der Waals surface area contributed by atoms with Crippen molar-refractivity contribution in [2.24, 2.45) is 5.92 Å². The Hall–Kier alpha value is -6.67. The van der Waals surface area contributed by atoms with Crippen molar-refractivity contribution < 1.29 is 160 Å². The van der Waals surface area contributed by atoms with E-state index < -0.39 is 140 Å². The number of hydrogen-bond acceptors (Lipinski definition) is 33. The van der Waals surface area contributed by atoms with Crippen LogP contribution in [0.1, 0.15) is 302 Å². The van der Waals surface area contributed by atoms with Crippen molar-refractivity contribution in [3.8, 4) is 0 Å². The van der Waals surface area contributed by atoms with Gasteiger partial charge in [-0.15, -0.1) is 0 Å². The molecule has 37 nitrogen and oxygen atoms in total. The van der Waals surface area contributed by atoms with Crippen LogP contribution in [0.4, 0.5) is 0 Å². The number of amides is 4. The monoisotopic (exact) mass is 1950 g/mol. The van der Waals surface area contributed by atoms with Gasteiger partial charge >= 0.3 is 0 Å². The number of rotatable bonds is 90. The van der Waals surface area contributed by atoms with Gasteiger partial charge in [0.05, 0.1) is 118 Å². The second-order valence-corrected chi connectivity index (χ2v) is 35.9. The fourth-order valence-electron chi connectivity index (χ4n) is 16.3. The highest BCUT2D eigenvalue weighted by Crippen LogP contribution is 2.33. The number of carbonyl (C=O) groups is 13. The van der Waals surface area contributed by atoms with Gasteiger partial charge in [-0.1, -0.05) is 64.7 Å². The van der Waals surface area contributed by atoms with Crippen molar-refractivity contribution in [2.75, 3.05) is 139 Å². The smallest absolute Gasteiger partial charge is 0.220 e. The zero-order chi connectivity index (χ0) is 101. The maximum absolute atomic E-state index is 14.7. The van der Waals surface area contributed by atoms with Crippen LogP contribution in [0, 0.1) is 5.92 Å².